The number of amides is 1. The van der Waals surface area contributed by atoms with Crippen LogP contribution in [0.2, 0.25) is 0 Å². The summed E-state index contributed by atoms with van der Waals surface area (Å²) in [7, 11) is 0. The summed E-state index contributed by atoms with van der Waals surface area (Å²) in [6, 6.07) is 6.06. The number of halogens is 2. The molecule has 4 N–H and O–H groups in total. The Bertz CT molecular complexity index is 524. The minimum atomic E-state index is 0. The van der Waals surface area contributed by atoms with E-state index < -0.39 is 0 Å². The Labute approximate surface area is 144 Å². The van der Waals surface area contributed by atoms with Gasteiger partial charge in [0.1, 0.15) is 0 Å². The highest BCUT2D eigenvalue weighted by Gasteiger charge is 2.32. The summed E-state index contributed by atoms with van der Waals surface area (Å²) >= 11 is 0. The van der Waals surface area contributed by atoms with Gasteiger partial charge in [0.15, 0.2) is 0 Å². The van der Waals surface area contributed by atoms with Crippen LogP contribution in [0.3, 0.4) is 0 Å². The van der Waals surface area contributed by atoms with Crippen molar-refractivity contribution in [1.29, 1.82) is 0 Å². The number of hydrogen-bond acceptors (Lipinski definition) is 3. The van der Waals surface area contributed by atoms with Crippen LogP contribution < -0.4 is 16.4 Å². The van der Waals surface area contributed by atoms with Crippen LogP contribution in [-0.4, -0.2) is 18.5 Å². The summed E-state index contributed by atoms with van der Waals surface area (Å²) in [6.07, 6.45) is 5.87. The van der Waals surface area contributed by atoms with E-state index in [9.17, 15) is 4.79 Å². The molecule has 1 aliphatic heterocycles. The molecule has 1 saturated carbocycles. The standard InChI is InChI=1S/C16H23N3O.2ClH/c17-12-5-1-4-11(10-12)16(20)19-9-3-6-13-14(18)7-2-8-15(13)19;;/h2,7-8,11-12H,1,3-6,9-10,17-18H2;2*1H. The zero-order valence-corrected chi connectivity index (χ0v) is 14.3. The van der Waals surface area contributed by atoms with Gasteiger partial charge in [-0.2, -0.15) is 0 Å². The third kappa shape index (κ3) is 3.67. The molecule has 1 heterocycles. The molecule has 0 saturated heterocycles. The summed E-state index contributed by atoms with van der Waals surface area (Å²) in [5.74, 6) is 0.331. The van der Waals surface area contributed by atoms with Crippen molar-refractivity contribution in [2.75, 3.05) is 17.2 Å². The monoisotopic (exact) mass is 345 g/mol. The van der Waals surface area contributed by atoms with E-state index in [0.717, 1.165) is 62.0 Å². The van der Waals surface area contributed by atoms with Crippen molar-refractivity contribution in [3.8, 4) is 0 Å². The first-order valence-corrected chi connectivity index (χ1v) is 7.61. The second kappa shape index (κ2) is 8.04. The highest BCUT2D eigenvalue weighted by atomic mass is 35.5. The van der Waals surface area contributed by atoms with Gasteiger partial charge in [-0.15, -0.1) is 24.8 Å². The summed E-state index contributed by atoms with van der Waals surface area (Å²) in [5, 5.41) is 0. The first-order chi connectivity index (χ1) is 9.66. The fourth-order valence-electron chi connectivity index (χ4n) is 3.55. The maximum atomic E-state index is 12.8. The number of nitrogen functional groups attached to an aromatic ring is 1. The molecule has 4 nitrogen and oxygen atoms in total. The van der Waals surface area contributed by atoms with Gasteiger partial charge in [0, 0.05) is 29.9 Å². The number of anilines is 2. The molecule has 0 bridgehead atoms. The second-order valence-corrected chi connectivity index (χ2v) is 6.06. The molecule has 2 atom stereocenters. The number of benzene rings is 1. The van der Waals surface area contributed by atoms with Crippen molar-refractivity contribution in [3.05, 3.63) is 23.8 Å². The molecule has 2 aliphatic rings. The Morgan fingerprint density at radius 2 is 1.95 bits per heavy atom. The lowest BCUT2D eigenvalue weighted by molar-refractivity contribution is -0.123. The molecule has 0 spiro atoms. The van der Waals surface area contributed by atoms with Crippen molar-refractivity contribution in [3.63, 3.8) is 0 Å². The largest absolute Gasteiger partial charge is 0.398 e. The molecule has 6 heteroatoms. The molecule has 2 unspecified atom stereocenters. The van der Waals surface area contributed by atoms with Gasteiger partial charge in [0.05, 0.1) is 0 Å². The molecular formula is C16H25Cl2N3O. The summed E-state index contributed by atoms with van der Waals surface area (Å²) in [5.41, 5.74) is 15.0. The van der Waals surface area contributed by atoms with Crippen LogP contribution in [-0.2, 0) is 11.2 Å². The van der Waals surface area contributed by atoms with E-state index in [1.54, 1.807) is 0 Å². The third-order valence-corrected chi connectivity index (χ3v) is 4.62. The van der Waals surface area contributed by atoms with E-state index in [1.165, 1.54) is 0 Å². The zero-order chi connectivity index (χ0) is 14.1. The maximum absolute atomic E-state index is 12.8. The fraction of sp³-hybridized carbons (Fsp3) is 0.562. The molecular weight excluding hydrogens is 321 g/mol. The zero-order valence-electron chi connectivity index (χ0n) is 12.7. The summed E-state index contributed by atoms with van der Waals surface area (Å²) < 4.78 is 0. The van der Waals surface area contributed by atoms with Crippen molar-refractivity contribution in [2.24, 2.45) is 11.7 Å². The molecule has 1 aromatic rings. The van der Waals surface area contributed by atoms with Crippen LogP contribution >= 0.6 is 24.8 Å². The van der Waals surface area contributed by atoms with Crippen LogP contribution in [0.15, 0.2) is 18.2 Å². The van der Waals surface area contributed by atoms with E-state index in [0.29, 0.717) is 0 Å². The number of carbonyl (C=O) groups is 1. The lowest BCUT2D eigenvalue weighted by atomic mass is 9.84. The molecule has 1 fully saturated rings. The first kappa shape index (κ1) is 19.1. The van der Waals surface area contributed by atoms with Crippen LogP contribution in [0.25, 0.3) is 0 Å². The quantitative estimate of drug-likeness (QED) is 0.768. The van der Waals surface area contributed by atoms with Gasteiger partial charge in [-0.05, 0) is 49.8 Å². The first-order valence-electron chi connectivity index (χ1n) is 7.61. The van der Waals surface area contributed by atoms with Crippen LogP contribution in [0.1, 0.15) is 37.7 Å². The molecule has 3 rings (SSSR count). The maximum Gasteiger partial charge on any atom is 0.230 e. The van der Waals surface area contributed by atoms with E-state index in [1.807, 2.05) is 23.1 Å². The molecule has 124 valence electrons. The lowest BCUT2D eigenvalue weighted by Crippen LogP contribution is -2.43. The highest BCUT2D eigenvalue weighted by Crippen LogP contribution is 2.34. The average Bonchev–Trinajstić information content (AvgIpc) is 2.46. The Hall–Kier alpha value is -0.970. The minimum Gasteiger partial charge on any atom is -0.398 e. The van der Waals surface area contributed by atoms with Crippen molar-refractivity contribution in [1.82, 2.24) is 0 Å². The second-order valence-electron chi connectivity index (χ2n) is 6.06. The van der Waals surface area contributed by atoms with Crippen LogP contribution in [0.4, 0.5) is 11.4 Å². The highest BCUT2D eigenvalue weighted by molar-refractivity contribution is 5.97. The molecule has 22 heavy (non-hydrogen) atoms. The Morgan fingerprint density at radius 3 is 2.68 bits per heavy atom. The van der Waals surface area contributed by atoms with E-state index >= 15 is 0 Å². The Kier molecular flexibility index (Phi) is 6.98. The van der Waals surface area contributed by atoms with E-state index in [-0.39, 0.29) is 42.7 Å². The predicted octanol–water partition coefficient (Wildman–Crippen LogP) is 2.91. The molecule has 0 aromatic heterocycles. The van der Waals surface area contributed by atoms with Gasteiger partial charge in [0.2, 0.25) is 5.91 Å². The van der Waals surface area contributed by atoms with E-state index in [4.69, 9.17) is 11.5 Å². The number of fused-ring (bicyclic) bond motifs is 1. The van der Waals surface area contributed by atoms with E-state index in [2.05, 4.69) is 0 Å². The molecule has 1 aromatic carbocycles. The number of nitrogens with zero attached hydrogens (tertiary/aromatic N) is 1. The van der Waals surface area contributed by atoms with Gasteiger partial charge in [-0.25, -0.2) is 0 Å². The Balaban J connectivity index is 0.00000121. The van der Waals surface area contributed by atoms with Crippen molar-refractivity contribution >= 4 is 42.1 Å². The number of hydrogen-bond donors (Lipinski definition) is 2. The Morgan fingerprint density at radius 1 is 1.18 bits per heavy atom. The van der Waals surface area contributed by atoms with Gasteiger partial charge >= 0.3 is 0 Å². The van der Waals surface area contributed by atoms with Gasteiger partial charge in [0.25, 0.3) is 0 Å². The average molecular weight is 346 g/mol. The number of nitrogens with two attached hydrogens (primary N) is 2. The predicted molar refractivity (Wildman–Crippen MR) is 96.0 cm³/mol. The third-order valence-electron chi connectivity index (χ3n) is 4.62. The van der Waals surface area contributed by atoms with Crippen molar-refractivity contribution < 1.29 is 4.79 Å². The van der Waals surface area contributed by atoms with Gasteiger partial charge < -0.3 is 16.4 Å². The van der Waals surface area contributed by atoms with Gasteiger partial charge in [-0.3, -0.25) is 4.79 Å². The van der Waals surface area contributed by atoms with Crippen molar-refractivity contribution in [2.45, 2.75) is 44.6 Å². The minimum absolute atomic E-state index is 0. The van der Waals surface area contributed by atoms with Crippen LogP contribution in [0.5, 0.6) is 0 Å². The number of carbonyl (C=O) groups excluding carboxylic acids is 1. The summed E-state index contributed by atoms with van der Waals surface area (Å²) in [6.45, 7) is 0.807. The molecule has 1 amide bonds. The normalized spacial score (nSPS) is 23.8. The molecule has 0 radical (unpaired) electrons. The number of rotatable bonds is 1. The lowest BCUT2D eigenvalue weighted by Gasteiger charge is -2.35. The fourth-order valence-corrected chi connectivity index (χ4v) is 3.55. The topological polar surface area (TPSA) is 72.3 Å². The SMILES string of the molecule is Cl.Cl.Nc1cccc2c1CCCN2C(=O)C1CCCC(N)C1. The molecule has 1 aliphatic carbocycles. The smallest absolute Gasteiger partial charge is 0.230 e. The van der Waals surface area contributed by atoms with Crippen LogP contribution in [0, 0.1) is 5.92 Å². The van der Waals surface area contributed by atoms with Gasteiger partial charge in [-0.1, -0.05) is 12.5 Å². The summed E-state index contributed by atoms with van der Waals surface area (Å²) in [4.78, 5) is 14.7.